The average Bonchev–Trinajstić information content (AvgIpc) is 2.63. The van der Waals surface area contributed by atoms with E-state index in [0.717, 1.165) is 25.8 Å². The number of likely N-dealkylation sites (tertiary alicyclic amines) is 1. The van der Waals surface area contributed by atoms with Crippen LogP contribution in [0.5, 0.6) is 5.75 Å². The van der Waals surface area contributed by atoms with Gasteiger partial charge < -0.3 is 15.0 Å². The van der Waals surface area contributed by atoms with Crippen LogP contribution in [0.3, 0.4) is 0 Å². The Kier molecular flexibility index (Phi) is 5.20. The van der Waals surface area contributed by atoms with Crippen LogP contribution in [0.1, 0.15) is 25.7 Å². The zero-order chi connectivity index (χ0) is 15.2. The van der Waals surface area contributed by atoms with Gasteiger partial charge in [-0.15, -0.1) is 0 Å². The summed E-state index contributed by atoms with van der Waals surface area (Å²) in [5.41, 5.74) is 0.689. The Morgan fingerprint density at radius 1 is 1.43 bits per heavy atom. The number of carbonyl (C=O) groups is 2. The van der Waals surface area contributed by atoms with Crippen molar-refractivity contribution in [3.8, 4) is 5.75 Å². The Morgan fingerprint density at radius 3 is 3.00 bits per heavy atom. The largest absolute Gasteiger partial charge is 0.497 e. The molecule has 1 N–H and O–H groups in total. The van der Waals surface area contributed by atoms with Crippen molar-refractivity contribution in [1.29, 1.82) is 0 Å². The topological polar surface area (TPSA) is 58.6 Å². The molecule has 0 spiro atoms. The molecule has 21 heavy (non-hydrogen) atoms. The molecule has 1 aliphatic rings. The summed E-state index contributed by atoms with van der Waals surface area (Å²) >= 11 is 0. The van der Waals surface area contributed by atoms with E-state index < -0.39 is 0 Å². The van der Waals surface area contributed by atoms with Gasteiger partial charge in [0.1, 0.15) is 5.75 Å². The minimum atomic E-state index is -0.205. The van der Waals surface area contributed by atoms with Gasteiger partial charge in [0.2, 0.25) is 11.8 Å². The van der Waals surface area contributed by atoms with Crippen molar-refractivity contribution in [3.63, 3.8) is 0 Å². The van der Waals surface area contributed by atoms with Crippen molar-refractivity contribution in [2.45, 2.75) is 25.7 Å². The number of ether oxygens (including phenoxy) is 1. The molecule has 1 unspecified atom stereocenters. The molecular weight excluding hydrogens is 268 g/mol. The first-order valence-electron chi connectivity index (χ1n) is 7.29. The van der Waals surface area contributed by atoms with Crippen molar-refractivity contribution >= 4 is 17.5 Å². The van der Waals surface area contributed by atoms with Crippen LogP contribution in [0, 0.1) is 5.92 Å². The van der Waals surface area contributed by atoms with E-state index in [0.29, 0.717) is 11.4 Å². The minimum Gasteiger partial charge on any atom is -0.497 e. The van der Waals surface area contributed by atoms with Gasteiger partial charge in [-0.3, -0.25) is 9.59 Å². The van der Waals surface area contributed by atoms with E-state index in [2.05, 4.69) is 5.32 Å². The Bertz CT molecular complexity index is 516. The third kappa shape index (κ3) is 4.21. The standard InChI is InChI=1S/C16H22N2O3/c1-18-9-4-3-6-12(16(18)20)10-15(19)17-13-7-5-8-14(11-13)21-2/h5,7-8,11-12H,3-4,6,9-10H2,1-2H3,(H,17,19). The highest BCUT2D eigenvalue weighted by molar-refractivity contribution is 5.94. The molecule has 1 heterocycles. The summed E-state index contributed by atoms with van der Waals surface area (Å²) in [7, 11) is 3.39. The van der Waals surface area contributed by atoms with Crippen LogP contribution in [0.4, 0.5) is 5.69 Å². The van der Waals surface area contributed by atoms with Crippen molar-refractivity contribution < 1.29 is 14.3 Å². The Hall–Kier alpha value is -2.04. The summed E-state index contributed by atoms with van der Waals surface area (Å²) in [5.74, 6) is 0.436. The highest BCUT2D eigenvalue weighted by atomic mass is 16.5. The maximum absolute atomic E-state index is 12.2. The van der Waals surface area contributed by atoms with Gasteiger partial charge in [-0.1, -0.05) is 12.5 Å². The van der Waals surface area contributed by atoms with Crippen molar-refractivity contribution in [2.75, 3.05) is 26.0 Å². The van der Waals surface area contributed by atoms with Crippen molar-refractivity contribution in [3.05, 3.63) is 24.3 Å². The van der Waals surface area contributed by atoms with Crippen LogP contribution in [0.2, 0.25) is 0 Å². The van der Waals surface area contributed by atoms with Gasteiger partial charge in [-0.25, -0.2) is 0 Å². The molecule has 5 heteroatoms. The average molecular weight is 290 g/mol. The molecule has 0 radical (unpaired) electrons. The predicted molar refractivity (Wildman–Crippen MR) is 81.2 cm³/mol. The molecule has 5 nitrogen and oxygen atoms in total. The number of hydrogen-bond acceptors (Lipinski definition) is 3. The number of amides is 2. The smallest absolute Gasteiger partial charge is 0.225 e. The number of rotatable bonds is 4. The third-order valence-electron chi connectivity index (χ3n) is 3.81. The molecule has 0 bridgehead atoms. The van der Waals surface area contributed by atoms with Crippen LogP contribution in [-0.4, -0.2) is 37.4 Å². The lowest BCUT2D eigenvalue weighted by Gasteiger charge is -2.19. The molecule has 1 atom stereocenters. The van der Waals surface area contributed by atoms with Gasteiger partial charge in [0, 0.05) is 37.7 Å². The molecule has 114 valence electrons. The van der Waals surface area contributed by atoms with Crippen LogP contribution in [0.15, 0.2) is 24.3 Å². The number of carbonyl (C=O) groups excluding carboxylic acids is 2. The molecule has 2 rings (SSSR count). The number of nitrogens with zero attached hydrogens (tertiary/aromatic N) is 1. The van der Waals surface area contributed by atoms with Crippen molar-refractivity contribution in [2.24, 2.45) is 5.92 Å². The second-order valence-corrected chi connectivity index (χ2v) is 5.44. The summed E-state index contributed by atoms with van der Waals surface area (Å²) in [6.07, 6.45) is 3.03. The maximum atomic E-state index is 12.2. The van der Waals surface area contributed by atoms with Gasteiger partial charge in [0.05, 0.1) is 7.11 Å². The van der Waals surface area contributed by atoms with Gasteiger partial charge >= 0.3 is 0 Å². The van der Waals surface area contributed by atoms with Gasteiger partial charge in [-0.2, -0.15) is 0 Å². The number of methoxy groups -OCH3 is 1. The molecule has 0 aliphatic carbocycles. The molecule has 1 fully saturated rings. The Balaban J connectivity index is 1.95. The van der Waals surface area contributed by atoms with E-state index in [1.54, 1.807) is 25.1 Å². The normalized spacial score (nSPS) is 19.0. The zero-order valence-electron chi connectivity index (χ0n) is 12.6. The summed E-state index contributed by atoms with van der Waals surface area (Å²) < 4.78 is 5.12. The van der Waals surface area contributed by atoms with E-state index in [1.807, 2.05) is 18.2 Å². The number of hydrogen-bond donors (Lipinski definition) is 1. The molecule has 2 amide bonds. The lowest BCUT2D eigenvalue weighted by molar-refractivity contribution is -0.135. The number of benzene rings is 1. The fourth-order valence-corrected chi connectivity index (χ4v) is 2.61. The van der Waals surface area contributed by atoms with Crippen LogP contribution in [0.25, 0.3) is 0 Å². The second kappa shape index (κ2) is 7.11. The Labute approximate surface area is 125 Å². The van der Waals surface area contributed by atoms with Gasteiger partial charge in [-0.05, 0) is 25.0 Å². The first kappa shape index (κ1) is 15.4. The number of nitrogens with one attached hydrogen (secondary N) is 1. The molecule has 0 saturated carbocycles. The SMILES string of the molecule is COc1cccc(NC(=O)CC2CCCCN(C)C2=O)c1. The first-order valence-corrected chi connectivity index (χ1v) is 7.29. The summed E-state index contributed by atoms with van der Waals surface area (Å²) in [5, 5.41) is 2.83. The quantitative estimate of drug-likeness (QED) is 0.925. The van der Waals surface area contributed by atoms with E-state index >= 15 is 0 Å². The lowest BCUT2D eigenvalue weighted by Crippen LogP contribution is -2.33. The van der Waals surface area contributed by atoms with E-state index in [4.69, 9.17) is 4.74 Å². The van der Waals surface area contributed by atoms with Gasteiger partial charge in [0.25, 0.3) is 0 Å². The van der Waals surface area contributed by atoms with E-state index in [1.165, 1.54) is 0 Å². The lowest BCUT2D eigenvalue weighted by atomic mass is 9.98. The summed E-state index contributed by atoms with van der Waals surface area (Å²) in [6.45, 7) is 0.785. The zero-order valence-corrected chi connectivity index (χ0v) is 12.6. The molecular formula is C16H22N2O3. The predicted octanol–water partition coefficient (Wildman–Crippen LogP) is 2.28. The molecule has 1 aromatic rings. The summed E-state index contributed by atoms with van der Waals surface area (Å²) in [6, 6.07) is 7.21. The van der Waals surface area contributed by atoms with E-state index in [9.17, 15) is 9.59 Å². The second-order valence-electron chi connectivity index (χ2n) is 5.44. The fraction of sp³-hybridized carbons (Fsp3) is 0.500. The summed E-state index contributed by atoms with van der Waals surface area (Å²) in [4.78, 5) is 26.0. The molecule has 1 saturated heterocycles. The maximum Gasteiger partial charge on any atom is 0.225 e. The monoisotopic (exact) mass is 290 g/mol. The highest BCUT2D eigenvalue weighted by Gasteiger charge is 2.26. The molecule has 1 aromatic carbocycles. The third-order valence-corrected chi connectivity index (χ3v) is 3.81. The Morgan fingerprint density at radius 2 is 2.24 bits per heavy atom. The fourth-order valence-electron chi connectivity index (χ4n) is 2.61. The van der Waals surface area contributed by atoms with E-state index in [-0.39, 0.29) is 24.2 Å². The molecule has 1 aliphatic heterocycles. The van der Waals surface area contributed by atoms with Gasteiger partial charge in [0.15, 0.2) is 0 Å². The minimum absolute atomic E-state index is 0.0771. The molecule has 0 aromatic heterocycles. The highest BCUT2D eigenvalue weighted by Crippen LogP contribution is 2.22. The van der Waals surface area contributed by atoms with Crippen LogP contribution in [-0.2, 0) is 9.59 Å². The first-order chi connectivity index (χ1) is 10.1. The van der Waals surface area contributed by atoms with Crippen LogP contribution >= 0.6 is 0 Å². The number of anilines is 1. The van der Waals surface area contributed by atoms with Crippen molar-refractivity contribution in [1.82, 2.24) is 4.90 Å². The van der Waals surface area contributed by atoms with Crippen LogP contribution < -0.4 is 10.1 Å².